The van der Waals surface area contributed by atoms with Crippen LogP contribution in [0.25, 0.3) is 10.9 Å². The van der Waals surface area contributed by atoms with Crippen molar-refractivity contribution >= 4 is 40.1 Å². The van der Waals surface area contributed by atoms with E-state index in [-0.39, 0.29) is 5.75 Å². The van der Waals surface area contributed by atoms with Crippen molar-refractivity contribution in [3.63, 3.8) is 0 Å². The summed E-state index contributed by atoms with van der Waals surface area (Å²) < 4.78 is 46.4. The molecule has 4 aromatic rings. The number of fused-ring (bicyclic) bond motifs is 1. The van der Waals surface area contributed by atoms with Crippen LogP contribution in [0, 0.1) is 0 Å². The maximum atomic E-state index is 12.3. The normalized spacial score (nSPS) is 11.6. The van der Waals surface area contributed by atoms with Crippen LogP contribution in [0.15, 0.2) is 84.0 Å². The zero-order valence-electron chi connectivity index (χ0n) is 19.9. The number of nitrogens with one attached hydrogen (secondary N) is 2. The summed E-state index contributed by atoms with van der Waals surface area (Å²) in [5, 5.41) is 8.63. The SMILES string of the molecule is CC(C)c1ccccc1NC(=S)NN=Cc1ccc2nc(Oc3ccc(OC(F)(F)F)cc3)ccc2c1. The summed E-state index contributed by atoms with van der Waals surface area (Å²) in [6.45, 7) is 4.24. The number of alkyl halides is 3. The molecule has 0 aliphatic heterocycles. The molecule has 0 amide bonds. The lowest BCUT2D eigenvalue weighted by Crippen LogP contribution is -2.24. The Morgan fingerprint density at radius 2 is 1.70 bits per heavy atom. The van der Waals surface area contributed by atoms with Gasteiger partial charge in [-0.05, 0) is 77.8 Å². The molecule has 6 nitrogen and oxygen atoms in total. The number of hydrazone groups is 1. The predicted octanol–water partition coefficient (Wildman–Crippen LogP) is 7.37. The quantitative estimate of drug-likeness (QED) is 0.149. The number of para-hydroxylation sites is 1. The van der Waals surface area contributed by atoms with Gasteiger partial charge in [0, 0.05) is 17.1 Å². The third-order valence-corrected chi connectivity index (χ3v) is 5.37. The number of rotatable bonds is 7. The summed E-state index contributed by atoms with van der Waals surface area (Å²) in [7, 11) is 0. The van der Waals surface area contributed by atoms with Crippen LogP contribution in [0.2, 0.25) is 0 Å². The van der Waals surface area contributed by atoms with Gasteiger partial charge in [0.25, 0.3) is 0 Å². The van der Waals surface area contributed by atoms with Crippen LogP contribution in [0.4, 0.5) is 18.9 Å². The molecular formula is C27H23F3N4O2S. The summed E-state index contributed by atoms with van der Waals surface area (Å²) in [6.07, 6.45) is -3.10. The lowest BCUT2D eigenvalue weighted by molar-refractivity contribution is -0.274. The van der Waals surface area contributed by atoms with Crippen molar-refractivity contribution < 1.29 is 22.6 Å². The molecule has 2 N–H and O–H groups in total. The minimum absolute atomic E-state index is 0.304. The number of pyridine rings is 1. The molecule has 37 heavy (non-hydrogen) atoms. The second kappa shape index (κ2) is 11.3. The van der Waals surface area contributed by atoms with Gasteiger partial charge in [-0.25, -0.2) is 4.98 Å². The van der Waals surface area contributed by atoms with Gasteiger partial charge >= 0.3 is 6.36 Å². The van der Waals surface area contributed by atoms with Crippen molar-refractivity contribution in [3.8, 4) is 17.4 Å². The van der Waals surface area contributed by atoms with Crippen molar-refractivity contribution in [2.75, 3.05) is 5.32 Å². The molecule has 0 atom stereocenters. The molecule has 0 saturated heterocycles. The van der Waals surface area contributed by atoms with Crippen molar-refractivity contribution in [2.24, 2.45) is 5.10 Å². The van der Waals surface area contributed by atoms with E-state index in [1.54, 1.807) is 12.3 Å². The lowest BCUT2D eigenvalue weighted by atomic mass is 10.0. The van der Waals surface area contributed by atoms with Crippen LogP contribution in [0.5, 0.6) is 17.4 Å². The summed E-state index contributed by atoms with van der Waals surface area (Å²) >= 11 is 5.36. The van der Waals surface area contributed by atoms with E-state index in [2.05, 4.69) is 45.5 Å². The van der Waals surface area contributed by atoms with Crippen molar-refractivity contribution in [3.05, 3.63) is 90.0 Å². The Balaban J connectivity index is 1.37. The molecule has 0 saturated carbocycles. The molecule has 0 bridgehead atoms. The van der Waals surface area contributed by atoms with Gasteiger partial charge in [-0.3, -0.25) is 5.43 Å². The van der Waals surface area contributed by atoms with E-state index in [1.165, 1.54) is 24.3 Å². The van der Waals surface area contributed by atoms with E-state index in [0.717, 1.165) is 22.2 Å². The minimum atomic E-state index is -4.75. The van der Waals surface area contributed by atoms with E-state index in [9.17, 15) is 13.2 Å². The second-order valence-electron chi connectivity index (χ2n) is 8.29. The maximum Gasteiger partial charge on any atom is 0.573 e. The third-order valence-electron chi connectivity index (χ3n) is 5.18. The highest BCUT2D eigenvalue weighted by Gasteiger charge is 2.31. The first kappa shape index (κ1) is 25.9. The molecule has 1 aromatic heterocycles. The van der Waals surface area contributed by atoms with Gasteiger partial charge in [0.15, 0.2) is 5.11 Å². The first-order valence-corrected chi connectivity index (χ1v) is 11.7. The number of ether oxygens (including phenoxy) is 2. The Morgan fingerprint density at radius 1 is 0.973 bits per heavy atom. The Labute approximate surface area is 217 Å². The highest BCUT2D eigenvalue weighted by Crippen LogP contribution is 2.28. The standard InChI is InChI=1S/C27H23F3N4O2S/c1-17(2)22-5-3-4-6-24(22)33-26(37)34-31-16-18-7-13-23-19(15-18)8-14-25(32-23)35-20-9-11-21(12-10-20)36-27(28,29)30/h3-17H,1-2H3,(H2,33,34,37). The number of anilines is 1. The Morgan fingerprint density at radius 3 is 2.43 bits per heavy atom. The van der Waals surface area contributed by atoms with Gasteiger partial charge in [-0.15, -0.1) is 13.2 Å². The average Bonchev–Trinajstić information content (AvgIpc) is 2.84. The molecule has 0 spiro atoms. The molecule has 190 valence electrons. The molecule has 0 aliphatic rings. The number of aromatic nitrogens is 1. The highest BCUT2D eigenvalue weighted by molar-refractivity contribution is 7.80. The van der Waals surface area contributed by atoms with E-state index in [0.29, 0.717) is 28.2 Å². The van der Waals surface area contributed by atoms with Gasteiger partial charge in [0.2, 0.25) is 5.88 Å². The third kappa shape index (κ3) is 7.40. The van der Waals surface area contributed by atoms with E-state index in [4.69, 9.17) is 17.0 Å². The molecule has 3 aromatic carbocycles. The molecule has 1 heterocycles. The molecule has 10 heteroatoms. The Hall–Kier alpha value is -4.18. The first-order chi connectivity index (χ1) is 17.7. The largest absolute Gasteiger partial charge is 0.573 e. The molecule has 0 radical (unpaired) electrons. The summed E-state index contributed by atoms with van der Waals surface area (Å²) in [5.74, 6) is 0.660. The number of thiocarbonyl (C=S) groups is 1. The van der Waals surface area contributed by atoms with Crippen LogP contribution < -0.4 is 20.2 Å². The average molecular weight is 525 g/mol. The zero-order chi connectivity index (χ0) is 26.4. The van der Waals surface area contributed by atoms with Gasteiger partial charge in [0.05, 0.1) is 11.7 Å². The Bertz CT molecular complexity index is 1420. The number of nitrogens with zero attached hydrogens (tertiary/aromatic N) is 2. The Kier molecular flexibility index (Phi) is 7.88. The highest BCUT2D eigenvalue weighted by atomic mass is 32.1. The lowest BCUT2D eigenvalue weighted by Gasteiger charge is -2.14. The summed E-state index contributed by atoms with van der Waals surface area (Å²) in [5.41, 5.74) is 6.44. The fraction of sp³-hybridized carbons (Fsp3) is 0.148. The zero-order valence-corrected chi connectivity index (χ0v) is 20.7. The maximum absolute atomic E-state index is 12.3. The topological polar surface area (TPSA) is 67.8 Å². The van der Waals surface area contributed by atoms with Crippen LogP contribution in [0.3, 0.4) is 0 Å². The minimum Gasteiger partial charge on any atom is -0.439 e. The number of benzene rings is 3. The summed E-state index contributed by atoms with van der Waals surface area (Å²) in [4.78, 5) is 4.45. The molecule has 0 fully saturated rings. The van der Waals surface area contributed by atoms with E-state index < -0.39 is 6.36 Å². The molecule has 0 unspecified atom stereocenters. The second-order valence-corrected chi connectivity index (χ2v) is 8.70. The monoisotopic (exact) mass is 524 g/mol. The van der Waals surface area contributed by atoms with E-state index in [1.807, 2.05) is 42.5 Å². The number of halogens is 3. The van der Waals surface area contributed by atoms with Crippen LogP contribution in [-0.4, -0.2) is 22.7 Å². The summed E-state index contributed by atoms with van der Waals surface area (Å²) in [6, 6.07) is 22.1. The van der Waals surface area contributed by atoms with Gasteiger partial charge in [-0.2, -0.15) is 5.10 Å². The van der Waals surface area contributed by atoms with E-state index >= 15 is 0 Å². The van der Waals surface area contributed by atoms with Crippen molar-refractivity contribution in [1.29, 1.82) is 0 Å². The van der Waals surface area contributed by atoms with Crippen molar-refractivity contribution in [2.45, 2.75) is 26.1 Å². The molecule has 0 aliphatic carbocycles. The van der Waals surface area contributed by atoms with Crippen LogP contribution >= 0.6 is 12.2 Å². The van der Waals surface area contributed by atoms with Gasteiger partial charge < -0.3 is 14.8 Å². The number of hydrogen-bond donors (Lipinski definition) is 2. The van der Waals surface area contributed by atoms with Gasteiger partial charge in [0.1, 0.15) is 11.5 Å². The number of hydrogen-bond acceptors (Lipinski definition) is 5. The molecular weight excluding hydrogens is 501 g/mol. The first-order valence-electron chi connectivity index (χ1n) is 11.3. The molecule has 4 rings (SSSR count). The fourth-order valence-electron chi connectivity index (χ4n) is 3.52. The predicted molar refractivity (Wildman–Crippen MR) is 142 cm³/mol. The van der Waals surface area contributed by atoms with Crippen LogP contribution in [-0.2, 0) is 0 Å². The van der Waals surface area contributed by atoms with Crippen LogP contribution in [0.1, 0.15) is 30.9 Å². The van der Waals surface area contributed by atoms with Gasteiger partial charge in [-0.1, -0.05) is 38.1 Å². The van der Waals surface area contributed by atoms with Crippen molar-refractivity contribution in [1.82, 2.24) is 10.4 Å². The fourth-order valence-corrected chi connectivity index (χ4v) is 3.69. The smallest absolute Gasteiger partial charge is 0.439 e.